The van der Waals surface area contributed by atoms with Crippen molar-refractivity contribution in [2.24, 2.45) is 10.7 Å². The van der Waals surface area contributed by atoms with Crippen LogP contribution in [-0.4, -0.2) is 30.6 Å². The normalized spacial score (nSPS) is 15.4. The number of benzene rings is 2. The van der Waals surface area contributed by atoms with Crippen LogP contribution in [0.3, 0.4) is 0 Å². The quantitative estimate of drug-likeness (QED) is 0.661. The highest BCUT2D eigenvalue weighted by Crippen LogP contribution is 2.20. The Morgan fingerprint density at radius 1 is 1.17 bits per heavy atom. The SMILES string of the molecule is Cc1cccc(NC(N)=NCc2ccc(N3CCSCC3)cc2)c1. The van der Waals surface area contributed by atoms with Crippen molar-refractivity contribution in [3.63, 3.8) is 0 Å². The van der Waals surface area contributed by atoms with Gasteiger partial charge in [0.25, 0.3) is 0 Å². The summed E-state index contributed by atoms with van der Waals surface area (Å²) in [5.41, 5.74) is 10.6. The largest absolute Gasteiger partial charge is 0.370 e. The average molecular weight is 340 g/mol. The Bertz CT molecular complexity index is 691. The van der Waals surface area contributed by atoms with Gasteiger partial charge in [-0.25, -0.2) is 4.99 Å². The first-order valence-corrected chi connectivity index (χ1v) is 9.41. The smallest absolute Gasteiger partial charge is 0.193 e. The molecule has 0 radical (unpaired) electrons. The van der Waals surface area contributed by atoms with E-state index < -0.39 is 0 Å². The monoisotopic (exact) mass is 340 g/mol. The third-order valence-electron chi connectivity index (χ3n) is 4.04. The van der Waals surface area contributed by atoms with Crippen molar-refractivity contribution >= 4 is 29.1 Å². The molecule has 2 aromatic carbocycles. The second-order valence-corrected chi connectivity index (χ2v) is 7.19. The van der Waals surface area contributed by atoms with Crippen molar-refractivity contribution in [2.45, 2.75) is 13.5 Å². The zero-order chi connectivity index (χ0) is 16.8. The number of hydrogen-bond donors (Lipinski definition) is 2. The molecule has 0 spiro atoms. The van der Waals surface area contributed by atoms with Crippen LogP contribution in [-0.2, 0) is 6.54 Å². The van der Waals surface area contributed by atoms with Gasteiger partial charge in [-0.05, 0) is 42.3 Å². The number of nitrogens with zero attached hydrogens (tertiary/aromatic N) is 2. The highest BCUT2D eigenvalue weighted by Gasteiger charge is 2.10. The molecule has 0 unspecified atom stereocenters. The number of rotatable bonds is 4. The molecule has 1 fully saturated rings. The Morgan fingerprint density at radius 2 is 1.92 bits per heavy atom. The van der Waals surface area contributed by atoms with E-state index in [4.69, 9.17) is 5.73 Å². The standard InChI is InChI=1S/C19H24N4S/c1-15-3-2-4-17(13-15)22-19(20)21-14-16-5-7-18(8-6-16)23-9-11-24-12-10-23/h2-8,13H,9-12,14H2,1H3,(H3,20,21,22). The highest BCUT2D eigenvalue weighted by molar-refractivity contribution is 7.99. The number of thioether (sulfide) groups is 1. The lowest BCUT2D eigenvalue weighted by molar-refractivity contribution is 0.858. The maximum atomic E-state index is 5.98. The van der Waals surface area contributed by atoms with Crippen LogP contribution >= 0.6 is 11.8 Å². The van der Waals surface area contributed by atoms with Gasteiger partial charge in [0.1, 0.15) is 0 Å². The van der Waals surface area contributed by atoms with Gasteiger partial charge in [0.15, 0.2) is 5.96 Å². The molecule has 0 saturated carbocycles. The molecule has 1 saturated heterocycles. The molecular weight excluding hydrogens is 316 g/mol. The summed E-state index contributed by atoms with van der Waals surface area (Å²) >= 11 is 2.03. The number of aliphatic imine (C=N–C) groups is 1. The summed E-state index contributed by atoms with van der Waals surface area (Å²) < 4.78 is 0. The van der Waals surface area contributed by atoms with Gasteiger partial charge in [0.2, 0.25) is 0 Å². The van der Waals surface area contributed by atoms with Gasteiger partial charge in [-0.3, -0.25) is 0 Å². The van der Waals surface area contributed by atoms with E-state index in [0.717, 1.165) is 18.8 Å². The van der Waals surface area contributed by atoms with Crippen molar-refractivity contribution < 1.29 is 0 Å². The predicted octanol–water partition coefficient (Wildman–Crippen LogP) is 3.48. The third kappa shape index (κ3) is 4.68. The van der Waals surface area contributed by atoms with E-state index in [-0.39, 0.29) is 0 Å². The number of hydrogen-bond acceptors (Lipinski definition) is 3. The fourth-order valence-electron chi connectivity index (χ4n) is 2.72. The van der Waals surface area contributed by atoms with E-state index in [1.807, 2.05) is 30.0 Å². The van der Waals surface area contributed by atoms with Crippen molar-refractivity contribution in [1.82, 2.24) is 0 Å². The van der Waals surface area contributed by atoms with Crippen LogP contribution in [0.25, 0.3) is 0 Å². The molecule has 0 atom stereocenters. The van der Waals surface area contributed by atoms with Crippen LogP contribution in [0.15, 0.2) is 53.5 Å². The first-order chi connectivity index (χ1) is 11.7. The molecule has 0 amide bonds. The van der Waals surface area contributed by atoms with Crippen molar-refractivity contribution in [3.8, 4) is 0 Å². The number of nitrogens with one attached hydrogen (secondary N) is 1. The Hall–Kier alpha value is -2.14. The minimum atomic E-state index is 0.442. The lowest BCUT2D eigenvalue weighted by atomic mass is 10.2. The van der Waals surface area contributed by atoms with E-state index in [0.29, 0.717) is 12.5 Å². The fraction of sp³-hybridized carbons (Fsp3) is 0.316. The number of anilines is 2. The Kier molecular flexibility index (Phi) is 5.64. The van der Waals surface area contributed by atoms with E-state index >= 15 is 0 Å². The molecule has 4 nitrogen and oxygen atoms in total. The number of aryl methyl sites for hydroxylation is 1. The third-order valence-corrected chi connectivity index (χ3v) is 4.98. The average Bonchev–Trinajstić information content (AvgIpc) is 2.61. The molecule has 1 heterocycles. The van der Waals surface area contributed by atoms with Gasteiger partial charge >= 0.3 is 0 Å². The van der Waals surface area contributed by atoms with Crippen LogP contribution in [0.2, 0.25) is 0 Å². The van der Waals surface area contributed by atoms with Crippen molar-refractivity contribution in [1.29, 1.82) is 0 Å². The number of nitrogens with two attached hydrogens (primary N) is 1. The molecule has 0 bridgehead atoms. The molecule has 0 aliphatic carbocycles. The lowest BCUT2D eigenvalue weighted by Crippen LogP contribution is -2.32. The molecule has 1 aliphatic heterocycles. The van der Waals surface area contributed by atoms with Gasteiger partial charge in [-0.15, -0.1) is 0 Å². The van der Waals surface area contributed by atoms with Crippen LogP contribution in [0.5, 0.6) is 0 Å². The molecular formula is C19H24N4S. The summed E-state index contributed by atoms with van der Waals surface area (Å²) in [7, 11) is 0. The van der Waals surface area contributed by atoms with Gasteiger partial charge in [-0.1, -0.05) is 24.3 Å². The molecule has 0 aromatic heterocycles. The van der Waals surface area contributed by atoms with Gasteiger partial charge < -0.3 is 16.0 Å². The van der Waals surface area contributed by atoms with E-state index in [9.17, 15) is 0 Å². The summed E-state index contributed by atoms with van der Waals surface area (Å²) in [6.07, 6.45) is 0. The minimum Gasteiger partial charge on any atom is -0.370 e. The highest BCUT2D eigenvalue weighted by atomic mass is 32.2. The first kappa shape index (κ1) is 16.7. The summed E-state index contributed by atoms with van der Waals surface area (Å²) in [6.45, 7) is 4.91. The molecule has 3 N–H and O–H groups in total. The van der Waals surface area contributed by atoms with Gasteiger partial charge in [0, 0.05) is 36.0 Å². The lowest BCUT2D eigenvalue weighted by Gasteiger charge is -2.28. The molecule has 1 aliphatic rings. The van der Waals surface area contributed by atoms with Crippen LogP contribution in [0.4, 0.5) is 11.4 Å². The zero-order valence-electron chi connectivity index (χ0n) is 14.0. The number of guanidine groups is 1. The maximum absolute atomic E-state index is 5.98. The Labute approximate surface area is 148 Å². The van der Waals surface area contributed by atoms with Crippen LogP contribution in [0, 0.1) is 6.92 Å². The first-order valence-electron chi connectivity index (χ1n) is 8.26. The minimum absolute atomic E-state index is 0.442. The summed E-state index contributed by atoms with van der Waals surface area (Å²) in [5.74, 6) is 2.87. The van der Waals surface area contributed by atoms with Gasteiger partial charge in [-0.2, -0.15) is 11.8 Å². The molecule has 5 heteroatoms. The van der Waals surface area contributed by atoms with Crippen molar-refractivity contribution in [2.75, 3.05) is 34.8 Å². The van der Waals surface area contributed by atoms with Crippen LogP contribution in [0.1, 0.15) is 11.1 Å². The van der Waals surface area contributed by atoms with Crippen LogP contribution < -0.4 is 16.0 Å². The van der Waals surface area contributed by atoms with Gasteiger partial charge in [0.05, 0.1) is 6.54 Å². The molecule has 24 heavy (non-hydrogen) atoms. The molecule has 2 aromatic rings. The second-order valence-electron chi connectivity index (χ2n) is 5.96. The van der Waals surface area contributed by atoms with E-state index in [1.165, 1.54) is 28.3 Å². The molecule has 3 rings (SSSR count). The summed E-state index contributed by atoms with van der Waals surface area (Å²) in [4.78, 5) is 6.87. The predicted molar refractivity (Wildman–Crippen MR) is 106 cm³/mol. The topological polar surface area (TPSA) is 53.6 Å². The summed E-state index contributed by atoms with van der Waals surface area (Å²) in [5, 5.41) is 3.13. The Morgan fingerprint density at radius 3 is 2.62 bits per heavy atom. The van der Waals surface area contributed by atoms with E-state index in [2.05, 4.69) is 52.5 Å². The maximum Gasteiger partial charge on any atom is 0.193 e. The molecule has 126 valence electrons. The van der Waals surface area contributed by atoms with E-state index in [1.54, 1.807) is 0 Å². The fourth-order valence-corrected chi connectivity index (χ4v) is 3.62. The second kappa shape index (κ2) is 8.11. The Balaban J connectivity index is 1.57. The zero-order valence-corrected chi connectivity index (χ0v) is 14.9. The summed E-state index contributed by atoms with van der Waals surface area (Å²) in [6, 6.07) is 16.7. The van der Waals surface area contributed by atoms with Crippen molar-refractivity contribution in [3.05, 3.63) is 59.7 Å².